The van der Waals surface area contributed by atoms with Crippen LogP contribution in [-0.4, -0.2) is 0 Å². The average molecular weight is 219 g/mol. The molecule has 0 nitrogen and oxygen atoms in total. The van der Waals surface area contributed by atoms with Gasteiger partial charge in [0.15, 0.2) is 0 Å². The zero-order valence-corrected chi connectivity index (χ0v) is 9.14. The van der Waals surface area contributed by atoms with Crippen LogP contribution in [0.25, 0.3) is 0 Å². The van der Waals surface area contributed by atoms with Gasteiger partial charge in [0.05, 0.1) is 1.37 Å². The number of rotatable bonds is 2. The van der Waals surface area contributed by atoms with Gasteiger partial charge in [-0.3, -0.25) is 0 Å². The lowest BCUT2D eigenvalue weighted by Gasteiger charge is -2.03. The van der Waals surface area contributed by atoms with Crippen molar-refractivity contribution in [2.24, 2.45) is 0 Å². The summed E-state index contributed by atoms with van der Waals surface area (Å²) in [4.78, 5) is 1.56. The van der Waals surface area contributed by atoms with E-state index in [1.807, 2.05) is 25.1 Å². The second kappa shape index (κ2) is 4.49. The first-order valence-electron chi connectivity index (χ1n) is 5.16. The van der Waals surface area contributed by atoms with Crippen LogP contribution in [0.2, 0.25) is 0 Å². The third-order valence-corrected chi connectivity index (χ3v) is 3.06. The van der Waals surface area contributed by atoms with Crippen molar-refractivity contribution in [3.8, 4) is 0 Å². The molecular weight excluding hydrogens is 207 g/mol. The maximum absolute atomic E-state index is 13.6. The number of benzene rings is 2. The van der Waals surface area contributed by atoms with Gasteiger partial charge >= 0.3 is 0 Å². The van der Waals surface area contributed by atoms with E-state index in [1.165, 1.54) is 17.8 Å². The molecule has 2 aromatic rings. The minimum atomic E-state index is -0.194. The summed E-state index contributed by atoms with van der Waals surface area (Å²) in [7, 11) is 0. The summed E-state index contributed by atoms with van der Waals surface area (Å²) in [6.07, 6.45) is 0. The molecule has 0 amide bonds. The van der Waals surface area contributed by atoms with Crippen molar-refractivity contribution < 1.29 is 5.76 Å². The SMILES string of the molecule is [2H]c1ccc(Sc2ccc(C)cc2F)cc1. The lowest BCUT2D eigenvalue weighted by Crippen LogP contribution is -1.82. The van der Waals surface area contributed by atoms with E-state index in [2.05, 4.69) is 0 Å². The van der Waals surface area contributed by atoms with Gasteiger partial charge in [0.25, 0.3) is 0 Å². The fourth-order valence-corrected chi connectivity index (χ4v) is 2.07. The summed E-state index contributed by atoms with van der Waals surface area (Å²) in [5.74, 6) is -0.194. The Hall–Kier alpha value is -1.28. The Kier molecular flexibility index (Phi) is 2.69. The van der Waals surface area contributed by atoms with Crippen LogP contribution in [-0.2, 0) is 0 Å². The third kappa shape index (κ3) is 2.60. The molecule has 15 heavy (non-hydrogen) atoms. The topological polar surface area (TPSA) is 0 Å². The number of hydrogen-bond donors (Lipinski definition) is 0. The Labute approximate surface area is 94.5 Å². The number of aryl methyl sites for hydroxylation is 1. The summed E-state index contributed by atoms with van der Waals surface area (Å²) < 4.78 is 20.9. The molecule has 0 atom stereocenters. The predicted octanol–water partition coefficient (Wildman–Crippen LogP) is 4.29. The van der Waals surface area contributed by atoms with Gasteiger partial charge < -0.3 is 0 Å². The fourth-order valence-electron chi connectivity index (χ4n) is 1.26. The second-order valence-corrected chi connectivity index (χ2v) is 4.39. The quantitative estimate of drug-likeness (QED) is 0.726. The standard InChI is InChI=1S/C13H11FS/c1-10-7-8-13(12(14)9-10)15-11-5-3-2-4-6-11/h2-9H,1H3/i2D. The Balaban J connectivity index is 2.23. The zero-order valence-electron chi connectivity index (χ0n) is 9.33. The normalized spacial score (nSPS) is 11.2. The van der Waals surface area contributed by atoms with E-state index in [-0.39, 0.29) is 5.82 Å². The summed E-state index contributed by atoms with van der Waals surface area (Å²) in [6.45, 7) is 1.87. The van der Waals surface area contributed by atoms with E-state index in [0.29, 0.717) is 10.9 Å². The molecule has 0 saturated carbocycles. The third-order valence-electron chi connectivity index (χ3n) is 2.00. The molecule has 0 N–H and O–H groups in total. The molecule has 0 aliphatic carbocycles. The van der Waals surface area contributed by atoms with Gasteiger partial charge in [0, 0.05) is 9.79 Å². The van der Waals surface area contributed by atoms with Crippen LogP contribution in [0.1, 0.15) is 6.93 Å². The largest absolute Gasteiger partial charge is 0.206 e. The van der Waals surface area contributed by atoms with Crippen LogP contribution in [0.5, 0.6) is 0 Å². The number of halogens is 1. The number of hydrogen-bond acceptors (Lipinski definition) is 1. The molecule has 0 bridgehead atoms. The maximum atomic E-state index is 13.6. The van der Waals surface area contributed by atoms with Gasteiger partial charge in [0.2, 0.25) is 0 Å². The first-order valence-corrected chi connectivity index (χ1v) is 5.47. The molecule has 0 aliphatic rings. The van der Waals surface area contributed by atoms with Crippen molar-refractivity contribution in [2.75, 3.05) is 0 Å². The summed E-state index contributed by atoms with van der Waals surface area (Å²) >= 11 is 1.37. The molecule has 0 heterocycles. The van der Waals surface area contributed by atoms with Crippen molar-refractivity contribution >= 4 is 11.8 Å². The van der Waals surface area contributed by atoms with E-state index >= 15 is 0 Å². The van der Waals surface area contributed by atoms with Gasteiger partial charge in [0.1, 0.15) is 5.82 Å². The predicted molar refractivity (Wildman–Crippen MR) is 61.7 cm³/mol. The maximum Gasteiger partial charge on any atom is 0.137 e. The first kappa shape index (κ1) is 8.98. The van der Waals surface area contributed by atoms with Crippen molar-refractivity contribution in [1.29, 1.82) is 0 Å². The molecule has 76 valence electrons. The van der Waals surface area contributed by atoms with Crippen molar-refractivity contribution in [2.45, 2.75) is 16.7 Å². The molecule has 0 aromatic heterocycles. The van der Waals surface area contributed by atoms with Crippen LogP contribution >= 0.6 is 11.8 Å². The molecule has 0 unspecified atom stereocenters. The Morgan fingerprint density at radius 3 is 2.60 bits per heavy atom. The molecular formula is C13H11FS. The summed E-state index contributed by atoms with van der Waals surface area (Å²) in [5.41, 5.74) is 0.920. The highest BCUT2D eigenvalue weighted by molar-refractivity contribution is 7.99. The average Bonchev–Trinajstić information content (AvgIpc) is 2.25. The molecule has 2 heteroatoms. The minimum absolute atomic E-state index is 0.194. The van der Waals surface area contributed by atoms with Gasteiger partial charge in [-0.05, 0) is 36.8 Å². The van der Waals surface area contributed by atoms with E-state index < -0.39 is 0 Å². The monoisotopic (exact) mass is 219 g/mol. The van der Waals surface area contributed by atoms with Crippen molar-refractivity contribution in [3.05, 3.63) is 59.9 Å². The molecule has 2 rings (SSSR count). The minimum Gasteiger partial charge on any atom is -0.206 e. The van der Waals surface area contributed by atoms with Crippen LogP contribution in [0.3, 0.4) is 0 Å². The van der Waals surface area contributed by atoms with Gasteiger partial charge in [-0.15, -0.1) is 0 Å². The van der Waals surface area contributed by atoms with E-state index in [1.54, 1.807) is 18.2 Å². The molecule has 0 saturated heterocycles. The van der Waals surface area contributed by atoms with Crippen LogP contribution in [0, 0.1) is 12.7 Å². The Bertz CT molecular complexity index is 494. The molecule has 0 aliphatic heterocycles. The molecule has 0 spiro atoms. The highest BCUT2D eigenvalue weighted by Crippen LogP contribution is 2.29. The Morgan fingerprint density at radius 1 is 1.20 bits per heavy atom. The van der Waals surface area contributed by atoms with Crippen molar-refractivity contribution in [3.63, 3.8) is 0 Å². The molecule has 2 aromatic carbocycles. The lowest BCUT2D eigenvalue weighted by atomic mass is 10.2. The highest BCUT2D eigenvalue weighted by Gasteiger charge is 2.03. The molecule has 0 fully saturated rings. The van der Waals surface area contributed by atoms with E-state index in [9.17, 15) is 4.39 Å². The second-order valence-electron chi connectivity index (χ2n) is 3.27. The van der Waals surface area contributed by atoms with Gasteiger partial charge in [-0.25, -0.2) is 4.39 Å². The van der Waals surface area contributed by atoms with Gasteiger partial charge in [-0.1, -0.05) is 36.0 Å². The first-order chi connectivity index (χ1) is 7.65. The van der Waals surface area contributed by atoms with Crippen molar-refractivity contribution in [1.82, 2.24) is 0 Å². The van der Waals surface area contributed by atoms with Gasteiger partial charge in [-0.2, -0.15) is 0 Å². The van der Waals surface area contributed by atoms with E-state index in [0.717, 1.165) is 10.5 Å². The van der Waals surface area contributed by atoms with Crippen LogP contribution < -0.4 is 0 Å². The Morgan fingerprint density at radius 2 is 1.93 bits per heavy atom. The summed E-state index contributed by atoms with van der Waals surface area (Å²) in [5, 5.41) is 0. The van der Waals surface area contributed by atoms with Crippen LogP contribution in [0.4, 0.5) is 4.39 Å². The van der Waals surface area contributed by atoms with Crippen LogP contribution in [0.15, 0.2) is 58.3 Å². The fraction of sp³-hybridized carbons (Fsp3) is 0.0769. The van der Waals surface area contributed by atoms with E-state index in [4.69, 9.17) is 1.37 Å². The summed E-state index contributed by atoms with van der Waals surface area (Å²) in [6, 6.07) is 12.7. The lowest BCUT2D eigenvalue weighted by molar-refractivity contribution is 0.600. The molecule has 0 radical (unpaired) electrons. The zero-order chi connectivity index (χ0) is 11.5. The highest BCUT2D eigenvalue weighted by atomic mass is 32.2. The smallest absolute Gasteiger partial charge is 0.137 e.